The summed E-state index contributed by atoms with van der Waals surface area (Å²) in [5.41, 5.74) is 10.5. The maximum absolute atomic E-state index is 5.89. The van der Waals surface area contributed by atoms with Gasteiger partial charge in [0.2, 0.25) is 0 Å². The topological polar surface area (TPSA) is 26.0 Å². The first-order valence-corrected chi connectivity index (χ1v) is 9.04. The van der Waals surface area contributed by atoms with Gasteiger partial charge in [-0.05, 0) is 41.2 Å². The summed E-state index contributed by atoms with van der Waals surface area (Å²) >= 11 is 4.08. The third-order valence-corrected chi connectivity index (χ3v) is 5.80. The number of rotatable bonds is 5. The van der Waals surface area contributed by atoms with Crippen LogP contribution in [0.15, 0.2) is 84.9 Å². The Kier molecular flexibility index (Phi) is 5.06. The van der Waals surface area contributed by atoms with Crippen molar-refractivity contribution < 1.29 is 0 Å². The van der Waals surface area contributed by atoms with Crippen LogP contribution in [0.3, 0.4) is 0 Å². The first kappa shape index (κ1) is 16.8. The lowest BCUT2D eigenvalue weighted by Crippen LogP contribution is -2.22. The van der Waals surface area contributed by atoms with Crippen molar-refractivity contribution in [2.45, 2.75) is 23.6 Å². The summed E-state index contributed by atoms with van der Waals surface area (Å²) in [5, 5.41) is 0. The fraction of sp³-hybridized carbons (Fsp3) is 0.182. The SMILES string of the molecule is CC(CC(Br)(c1ccccc1)c1ccc(N)cc1)c1ccccc1. The van der Waals surface area contributed by atoms with Crippen LogP contribution in [0.5, 0.6) is 0 Å². The molecule has 2 unspecified atom stereocenters. The summed E-state index contributed by atoms with van der Waals surface area (Å²) in [6, 6.07) is 29.5. The van der Waals surface area contributed by atoms with E-state index in [1.54, 1.807) is 0 Å². The van der Waals surface area contributed by atoms with Gasteiger partial charge in [0, 0.05) is 5.69 Å². The van der Waals surface area contributed by atoms with Gasteiger partial charge in [0.25, 0.3) is 0 Å². The summed E-state index contributed by atoms with van der Waals surface area (Å²) in [7, 11) is 0. The van der Waals surface area contributed by atoms with Crippen molar-refractivity contribution in [3.05, 3.63) is 102 Å². The quantitative estimate of drug-likeness (QED) is 0.420. The zero-order valence-electron chi connectivity index (χ0n) is 13.8. The molecule has 3 aromatic carbocycles. The van der Waals surface area contributed by atoms with E-state index in [1.165, 1.54) is 16.7 Å². The number of halogens is 1. The Hall–Kier alpha value is -2.06. The first-order valence-electron chi connectivity index (χ1n) is 8.25. The normalized spacial score (nSPS) is 14.8. The molecule has 0 spiro atoms. The molecule has 0 saturated carbocycles. The number of hydrogen-bond acceptors (Lipinski definition) is 1. The fourth-order valence-corrected chi connectivity index (χ4v) is 4.19. The minimum absolute atomic E-state index is 0.239. The molecule has 1 nitrogen and oxygen atoms in total. The van der Waals surface area contributed by atoms with E-state index in [0.717, 1.165) is 12.1 Å². The monoisotopic (exact) mass is 379 g/mol. The second-order valence-electron chi connectivity index (χ2n) is 6.31. The van der Waals surface area contributed by atoms with Gasteiger partial charge in [-0.15, -0.1) is 0 Å². The van der Waals surface area contributed by atoms with Gasteiger partial charge in [-0.2, -0.15) is 0 Å². The van der Waals surface area contributed by atoms with Crippen LogP contribution in [0.4, 0.5) is 5.69 Å². The minimum Gasteiger partial charge on any atom is -0.399 e. The van der Waals surface area contributed by atoms with Crippen LogP contribution in [0.25, 0.3) is 0 Å². The average Bonchev–Trinajstić information content (AvgIpc) is 2.63. The molecule has 0 aliphatic carbocycles. The Labute approximate surface area is 152 Å². The summed E-state index contributed by atoms with van der Waals surface area (Å²) in [5.74, 6) is 0.420. The molecule has 3 rings (SSSR count). The molecule has 3 aromatic rings. The smallest absolute Gasteiger partial charge is 0.0760 e. The van der Waals surface area contributed by atoms with Crippen LogP contribution in [-0.2, 0) is 4.32 Å². The molecule has 2 N–H and O–H groups in total. The number of alkyl halides is 1. The van der Waals surface area contributed by atoms with Crippen LogP contribution in [0.2, 0.25) is 0 Å². The molecule has 0 saturated heterocycles. The Balaban J connectivity index is 2.01. The van der Waals surface area contributed by atoms with E-state index in [2.05, 4.69) is 95.7 Å². The fourth-order valence-electron chi connectivity index (χ4n) is 3.17. The van der Waals surface area contributed by atoms with Gasteiger partial charge >= 0.3 is 0 Å². The molecular formula is C22H22BrN. The number of anilines is 1. The number of nitrogen functional groups attached to an aromatic ring is 1. The molecule has 0 bridgehead atoms. The van der Waals surface area contributed by atoms with Gasteiger partial charge in [0.15, 0.2) is 0 Å². The Morgan fingerprint density at radius 2 is 1.29 bits per heavy atom. The third-order valence-electron chi connectivity index (χ3n) is 4.56. The van der Waals surface area contributed by atoms with Gasteiger partial charge in [0.1, 0.15) is 0 Å². The van der Waals surface area contributed by atoms with Crippen molar-refractivity contribution in [1.82, 2.24) is 0 Å². The van der Waals surface area contributed by atoms with Crippen molar-refractivity contribution >= 4 is 21.6 Å². The molecular weight excluding hydrogens is 358 g/mol. The van der Waals surface area contributed by atoms with E-state index in [0.29, 0.717) is 5.92 Å². The molecule has 0 fully saturated rings. The summed E-state index contributed by atoms with van der Waals surface area (Å²) in [6.07, 6.45) is 0.963. The standard InChI is InChI=1S/C22H22BrN/c1-17(18-8-4-2-5-9-18)16-22(23,19-10-6-3-7-11-19)20-12-14-21(24)15-13-20/h2-15,17H,16,24H2,1H3. The van der Waals surface area contributed by atoms with E-state index in [9.17, 15) is 0 Å². The van der Waals surface area contributed by atoms with Gasteiger partial charge in [-0.1, -0.05) is 95.7 Å². The van der Waals surface area contributed by atoms with Gasteiger partial charge < -0.3 is 5.73 Å². The molecule has 0 aromatic heterocycles. The number of nitrogens with two attached hydrogens (primary N) is 1. The Bertz CT molecular complexity index is 768. The maximum Gasteiger partial charge on any atom is 0.0760 e. The van der Waals surface area contributed by atoms with Crippen LogP contribution >= 0.6 is 15.9 Å². The van der Waals surface area contributed by atoms with E-state index in [-0.39, 0.29) is 4.32 Å². The molecule has 24 heavy (non-hydrogen) atoms. The highest BCUT2D eigenvalue weighted by molar-refractivity contribution is 9.09. The second kappa shape index (κ2) is 7.23. The van der Waals surface area contributed by atoms with Crippen molar-refractivity contribution in [2.75, 3.05) is 5.73 Å². The molecule has 0 heterocycles. The first-order chi connectivity index (χ1) is 11.6. The molecule has 0 aliphatic heterocycles. The zero-order chi connectivity index (χ0) is 17.0. The van der Waals surface area contributed by atoms with Crippen LogP contribution in [-0.4, -0.2) is 0 Å². The Morgan fingerprint density at radius 3 is 1.88 bits per heavy atom. The number of benzene rings is 3. The third kappa shape index (κ3) is 3.54. The van der Waals surface area contributed by atoms with Crippen LogP contribution in [0, 0.1) is 0 Å². The van der Waals surface area contributed by atoms with Crippen molar-refractivity contribution in [1.29, 1.82) is 0 Å². The minimum atomic E-state index is -0.239. The molecule has 122 valence electrons. The molecule has 2 atom stereocenters. The highest BCUT2D eigenvalue weighted by Crippen LogP contribution is 2.46. The van der Waals surface area contributed by atoms with Crippen LogP contribution < -0.4 is 5.73 Å². The van der Waals surface area contributed by atoms with Crippen molar-refractivity contribution in [3.8, 4) is 0 Å². The number of hydrogen-bond donors (Lipinski definition) is 1. The predicted octanol–water partition coefficient (Wildman–Crippen LogP) is 6.10. The highest BCUT2D eigenvalue weighted by Gasteiger charge is 2.33. The zero-order valence-corrected chi connectivity index (χ0v) is 15.4. The highest BCUT2D eigenvalue weighted by atomic mass is 79.9. The molecule has 0 radical (unpaired) electrons. The Morgan fingerprint density at radius 1 is 0.792 bits per heavy atom. The van der Waals surface area contributed by atoms with Gasteiger partial charge in [0.05, 0.1) is 4.32 Å². The van der Waals surface area contributed by atoms with Gasteiger partial charge in [-0.3, -0.25) is 0 Å². The van der Waals surface area contributed by atoms with Crippen molar-refractivity contribution in [3.63, 3.8) is 0 Å². The summed E-state index contributed by atoms with van der Waals surface area (Å²) < 4.78 is -0.239. The largest absolute Gasteiger partial charge is 0.399 e. The van der Waals surface area contributed by atoms with E-state index in [4.69, 9.17) is 5.73 Å². The predicted molar refractivity (Wildman–Crippen MR) is 106 cm³/mol. The van der Waals surface area contributed by atoms with Crippen molar-refractivity contribution in [2.24, 2.45) is 0 Å². The second-order valence-corrected chi connectivity index (χ2v) is 7.66. The lowest BCUT2D eigenvalue weighted by molar-refractivity contribution is 0.587. The molecule has 2 heteroatoms. The lowest BCUT2D eigenvalue weighted by atomic mass is 9.81. The van der Waals surface area contributed by atoms with Gasteiger partial charge in [-0.25, -0.2) is 0 Å². The summed E-state index contributed by atoms with van der Waals surface area (Å²) in [4.78, 5) is 0. The van der Waals surface area contributed by atoms with E-state index >= 15 is 0 Å². The molecule has 0 aliphatic rings. The maximum atomic E-state index is 5.89. The lowest BCUT2D eigenvalue weighted by Gasteiger charge is -2.32. The average molecular weight is 380 g/mol. The van der Waals surface area contributed by atoms with E-state index < -0.39 is 0 Å². The van der Waals surface area contributed by atoms with E-state index in [1.807, 2.05) is 12.1 Å². The summed E-state index contributed by atoms with van der Waals surface area (Å²) in [6.45, 7) is 2.28. The van der Waals surface area contributed by atoms with Crippen LogP contribution in [0.1, 0.15) is 36.0 Å². The molecule has 0 amide bonds.